The second kappa shape index (κ2) is 2.83. The van der Waals surface area contributed by atoms with Crippen LogP contribution in [0.1, 0.15) is 42.9 Å². The predicted molar refractivity (Wildman–Crippen MR) is 58.0 cm³/mol. The average molecular weight is 187 g/mol. The Balaban J connectivity index is 2.03. The minimum absolute atomic E-state index is 0.307. The highest BCUT2D eigenvalue weighted by Crippen LogP contribution is 2.55. The number of hydrogen-bond acceptors (Lipinski definition) is 1. The minimum atomic E-state index is 0.307. The van der Waals surface area contributed by atoms with Crippen molar-refractivity contribution in [3.63, 3.8) is 0 Å². The molecule has 0 radical (unpaired) electrons. The minimum Gasteiger partial charge on any atom is -0.323 e. The van der Waals surface area contributed by atoms with Gasteiger partial charge in [-0.15, -0.1) is 0 Å². The topological polar surface area (TPSA) is 26.0 Å². The molecule has 0 bridgehead atoms. The SMILES string of the molecule is NC1c2ccccc2CCC12CCC2. The van der Waals surface area contributed by atoms with E-state index in [1.807, 2.05) is 0 Å². The van der Waals surface area contributed by atoms with E-state index < -0.39 is 0 Å². The van der Waals surface area contributed by atoms with Crippen molar-refractivity contribution in [3.05, 3.63) is 35.4 Å². The van der Waals surface area contributed by atoms with Crippen LogP contribution in [0.2, 0.25) is 0 Å². The molecule has 2 aliphatic rings. The molecule has 2 N–H and O–H groups in total. The van der Waals surface area contributed by atoms with Gasteiger partial charge in [-0.25, -0.2) is 0 Å². The largest absolute Gasteiger partial charge is 0.323 e. The molecule has 1 atom stereocenters. The maximum Gasteiger partial charge on any atom is 0.0354 e. The third kappa shape index (κ3) is 0.992. The van der Waals surface area contributed by atoms with Gasteiger partial charge in [0.1, 0.15) is 0 Å². The van der Waals surface area contributed by atoms with Crippen LogP contribution in [0.15, 0.2) is 24.3 Å². The maximum atomic E-state index is 6.39. The molecule has 1 unspecified atom stereocenters. The summed E-state index contributed by atoms with van der Waals surface area (Å²) in [5.74, 6) is 0. The third-order valence-electron chi connectivity index (χ3n) is 4.29. The van der Waals surface area contributed by atoms with Crippen LogP contribution in [0.3, 0.4) is 0 Å². The number of nitrogens with two attached hydrogens (primary N) is 1. The van der Waals surface area contributed by atoms with E-state index in [0.29, 0.717) is 11.5 Å². The molecule has 1 heteroatoms. The van der Waals surface area contributed by atoms with Gasteiger partial charge < -0.3 is 5.73 Å². The van der Waals surface area contributed by atoms with Gasteiger partial charge in [-0.1, -0.05) is 30.7 Å². The summed E-state index contributed by atoms with van der Waals surface area (Å²) in [5, 5.41) is 0. The molecular formula is C13H17N. The van der Waals surface area contributed by atoms with Gasteiger partial charge in [0, 0.05) is 6.04 Å². The van der Waals surface area contributed by atoms with Crippen molar-refractivity contribution in [1.29, 1.82) is 0 Å². The number of hydrogen-bond donors (Lipinski definition) is 1. The van der Waals surface area contributed by atoms with Crippen LogP contribution >= 0.6 is 0 Å². The number of aryl methyl sites for hydroxylation is 1. The molecule has 1 aromatic rings. The lowest BCUT2D eigenvalue weighted by atomic mass is 9.57. The summed E-state index contributed by atoms with van der Waals surface area (Å²) in [6, 6.07) is 9.02. The fraction of sp³-hybridized carbons (Fsp3) is 0.538. The zero-order valence-corrected chi connectivity index (χ0v) is 8.50. The van der Waals surface area contributed by atoms with Gasteiger partial charge in [-0.05, 0) is 42.2 Å². The zero-order chi connectivity index (χ0) is 9.60. The molecule has 0 heterocycles. The van der Waals surface area contributed by atoms with E-state index in [4.69, 9.17) is 5.73 Å². The van der Waals surface area contributed by atoms with Crippen molar-refractivity contribution in [2.75, 3.05) is 0 Å². The number of benzene rings is 1. The first-order chi connectivity index (χ1) is 6.82. The van der Waals surface area contributed by atoms with E-state index in [1.165, 1.54) is 43.2 Å². The van der Waals surface area contributed by atoms with E-state index in [9.17, 15) is 0 Å². The van der Waals surface area contributed by atoms with Crippen LogP contribution in [0.5, 0.6) is 0 Å². The molecule has 2 aliphatic carbocycles. The van der Waals surface area contributed by atoms with Crippen molar-refractivity contribution < 1.29 is 0 Å². The molecule has 1 aromatic carbocycles. The van der Waals surface area contributed by atoms with Gasteiger partial charge in [0.25, 0.3) is 0 Å². The molecule has 0 saturated heterocycles. The molecule has 1 saturated carbocycles. The molecule has 3 rings (SSSR count). The molecule has 1 spiro atoms. The second-order valence-electron chi connectivity index (χ2n) is 4.89. The van der Waals surface area contributed by atoms with Crippen LogP contribution in [-0.2, 0) is 6.42 Å². The molecule has 14 heavy (non-hydrogen) atoms. The second-order valence-corrected chi connectivity index (χ2v) is 4.89. The molecule has 0 aliphatic heterocycles. The Morgan fingerprint density at radius 1 is 1.14 bits per heavy atom. The Labute approximate surface area is 85.3 Å². The van der Waals surface area contributed by atoms with Gasteiger partial charge in [0.15, 0.2) is 0 Å². The van der Waals surface area contributed by atoms with Crippen molar-refractivity contribution in [1.82, 2.24) is 0 Å². The van der Waals surface area contributed by atoms with Crippen LogP contribution in [0.25, 0.3) is 0 Å². The van der Waals surface area contributed by atoms with Gasteiger partial charge >= 0.3 is 0 Å². The van der Waals surface area contributed by atoms with Crippen LogP contribution in [0, 0.1) is 5.41 Å². The summed E-state index contributed by atoms with van der Waals surface area (Å²) >= 11 is 0. The first-order valence-electron chi connectivity index (χ1n) is 5.65. The van der Waals surface area contributed by atoms with Crippen molar-refractivity contribution >= 4 is 0 Å². The lowest BCUT2D eigenvalue weighted by Crippen LogP contribution is -2.43. The van der Waals surface area contributed by atoms with Crippen molar-refractivity contribution in [2.24, 2.45) is 11.1 Å². The summed E-state index contributed by atoms with van der Waals surface area (Å²) in [7, 11) is 0. The van der Waals surface area contributed by atoms with Crippen molar-refractivity contribution in [2.45, 2.75) is 38.1 Å². The standard InChI is InChI=1S/C13H17N/c14-12-11-5-2-1-4-10(11)6-9-13(12)7-3-8-13/h1-2,4-5,12H,3,6-9,14H2. The van der Waals surface area contributed by atoms with E-state index in [2.05, 4.69) is 24.3 Å². The summed E-state index contributed by atoms with van der Waals surface area (Å²) in [5.41, 5.74) is 9.77. The number of fused-ring (bicyclic) bond motifs is 1. The Bertz CT molecular complexity index is 352. The van der Waals surface area contributed by atoms with E-state index in [0.717, 1.165) is 0 Å². The van der Waals surface area contributed by atoms with E-state index >= 15 is 0 Å². The van der Waals surface area contributed by atoms with Crippen LogP contribution < -0.4 is 5.73 Å². The number of rotatable bonds is 0. The molecule has 1 nitrogen and oxygen atoms in total. The van der Waals surface area contributed by atoms with Crippen LogP contribution in [-0.4, -0.2) is 0 Å². The third-order valence-corrected chi connectivity index (χ3v) is 4.29. The van der Waals surface area contributed by atoms with Gasteiger partial charge in [-0.3, -0.25) is 0 Å². The zero-order valence-electron chi connectivity index (χ0n) is 8.50. The summed E-state index contributed by atoms with van der Waals surface area (Å²) in [6.45, 7) is 0. The lowest BCUT2D eigenvalue weighted by molar-refractivity contribution is 0.0728. The lowest BCUT2D eigenvalue weighted by Gasteiger charge is -2.50. The monoisotopic (exact) mass is 187 g/mol. The highest BCUT2D eigenvalue weighted by Gasteiger charge is 2.45. The highest BCUT2D eigenvalue weighted by atomic mass is 14.7. The maximum absolute atomic E-state index is 6.39. The quantitative estimate of drug-likeness (QED) is 0.664. The summed E-state index contributed by atoms with van der Waals surface area (Å²) < 4.78 is 0. The highest BCUT2D eigenvalue weighted by molar-refractivity contribution is 5.34. The van der Waals surface area contributed by atoms with Gasteiger partial charge in [-0.2, -0.15) is 0 Å². The Kier molecular flexibility index (Phi) is 1.72. The smallest absolute Gasteiger partial charge is 0.0354 e. The normalized spacial score (nSPS) is 28.2. The first-order valence-corrected chi connectivity index (χ1v) is 5.65. The fourth-order valence-electron chi connectivity index (χ4n) is 3.13. The van der Waals surface area contributed by atoms with E-state index in [-0.39, 0.29) is 0 Å². The van der Waals surface area contributed by atoms with Crippen molar-refractivity contribution in [3.8, 4) is 0 Å². The molecule has 74 valence electrons. The summed E-state index contributed by atoms with van der Waals surface area (Å²) in [6.07, 6.45) is 6.63. The first kappa shape index (κ1) is 8.49. The summed E-state index contributed by atoms with van der Waals surface area (Å²) in [4.78, 5) is 0. The average Bonchev–Trinajstić information content (AvgIpc) is 2.16. The van der Waals surface area contributed by atoms with Gasteiger partial charge in [0.2, 0.25) is 0 Å². The Morgan fingerprint density at radius 3 is 2.64 bits per heavy atom. The molecular weight excluding hydrogens is 170 g/mol. The van der Waals surface area contributed by atoms with E-state index in [1.54, 1.807) is 0 Å². The predicted octanol–water partition coefficient (Wildman–Crippen LogP) is 2.80. The Morgan fingerprint density at radius 2 is 1.93 bits per heavy atom. The molecule has 1 fully saturated rings. The van der Waals surface area contributed by atoms with Crippen LogP contribution in [0.4, 0.5) is 0 Å². The molecule has 0 amide bonds. The Hall–Kier alpha value is -0.820. The molecule has 0 aromatic heterocycles. The van der Waals surface area contributed by atoms with Gasteiger partial charge in [0.05, 0.1) is 0 Å². The fourth-order valence-corrected chi connectivity index (χ4v) is 3.13.